The molecule has 3 N–H and O–H groups in total. The second kappa shape index (κ2) is 10.1. The first-order valence-electron chi connectivity index (χ1n) is 9.46. The number of nitrogens with one attached hydrogen (secondary N) is 3. The number of carbonyl (C=O) groups is 2. The predicted octanol–water partition coefficient (Wildman–Crippen LogP) is 4.33. The van der Waals surface area contributed by atoms with Crippen molar-refractivity contribution in [3.8, 4) is 0 Å². The van der Waals surface area contributed by atoms with Crippen molar-refractivity contribution < 1.29 is 31.2 Å². The molecule has 0 radical (unpaired) electrons. The summed E-state index contributed by atoms with van der Waals surface area (Å²) in [5.41, 5.74) is -0.528. The molecule has 7 nitrogen and oxygen atoms in total. The zero-order valence-corrected chi connectivity index (χ0v) is 18.5. The van der Waals surface area contributed by atoms with E-state index in [0.717, 1.165) is 23.5 Å². The summed E-state index contributed by atoms with van der Waals surface area (Å²) in [6, 6.07) is 13.1. The number of sulfonamides is 1. The molecule has 12 heteroatoms. The Morgan fingerprint density at radius 2 is 1.61 bits per heavy atom. The lowest BCUT2D eigenvalue weighted by Crippen LogP contribution is -2.27. The zero-order valence-electron chi connectivity index (χ0n) is 16.8. The topological polar surface area (TPSA) is 104 Å². The van der Waals surface area contributed by atoms with Gasteiger partial charge in [0, 0.05) is 29.9 Å². The summed E-state index contributed by atoms with van der Waals surface area (Å²) in [4.78, 5) is 24.6. The van der Waals surface area contributed by atoms with Gasteiger partial charge in [-0.15, -0.1) is 11.3 Å². The minimum absolute atomic E-state index is 0.0257. The van der Waals surface area contributed by atoms with Crippen molar-refractivity contribution in [2.45, 2.75) is 16.8 Å². The molecular weight excluding hydrogens is 479 g/mol. The molecule has 1 heterocycles. The molecule has 1 aromatic heterocycles. The molecule has 3 rings (SSSR count). The van der Waals surface area contributed by atoms with E-state index in [4.69, 9.17) is 0 Å². The molecule has 0 atom stereocenters. The van der Waals surface area contributed by atoms with Crippen molar-refractivity contribution in [1.82, 2.24) is 4.72 Å². The molecule has 33 heavy (non-hydrogen) atoms. The Labute approximate surface area is 191 Å². The maximum atomic E-state index is 12.8. The van der Waals surface area contributed by atoms with Crippen molar-refractivity contribution in [3.05, 3.63) is 77.2 Å². The Balaban J connectivity index is 1.57. The van der Waals surface area contributed by atoms with Crippen LogP contribution >= 0.6 is 11.3 Å². The molecule has 0 saturated carbocycles. The highest BCUT2D eigenvalue weighted by Gasteiger charge is 2.30. The molecule has 0 spiro atoms. The highest BCUT2D eigenvalue weighted by molar-refractivity contribution is 7.91. The minimum Gasteiger partial charge on any atom is -0.326 e. The largest absolute Gasteiger partial charge is 0.416 e. The zero-order chi connectivity index (χ0) is 24.1. The second-order valence-corrected chi connectivity index (χ2v) is 9.68. The van der Waals surface area contributed by atoms with Gasteiger partial charge in [-0.25, -0.2) is 13.1 Å². The number of amides is 2. The van der Waals surface area contributed by atoms with Gasteiger partial charge < -0.3 is 10.6 Å². The van der Waals surface area contributed by atoms with E-state index in [0.29, 0.717) is 0 Å². The van der Waals surface area contributed by atoms with Crippen LogP contribution in [0.15, 0.2) is 70.3 Å². The minimum atomic E-state index is -4.54. The fourth-order valence-electron chi connectivity index (χ4n) is 2.72. The number of alkyl halides is 3. The van der Waals surface area contributed by atoms with Crippen LogP contribution in [0.3, 0.4) is 0 Å². The van der Waals surface area contributed by atoms with Crippen molar-refractivity contribution >= 4 is 44.5 Å². The SMILES string of the molecule is O=C(CCNS(=O)(=O)c1cccs1)Nc1cccc(C(=O)Nc2cccc(C(F)(F)F)c2)c1. The number of benzene rings is 2. The lowest BCUT2D eigenvalue weighted by atomic mass is 10.1. The molecule has 2 aromatic carbocycles. The number of halogens is 3. The van der Waals surface area contributed by atoms with E-state index in [1.807, 2.05) is 0 Å². The molecule has 0 aliphatic heterocycles. The molecule has 174 valence electrons. The number of carbonyl (C=O) groups excluding carboxylic acids is 2. The van der Waals surface area contributed by atoms with Crippen molar-refractivity contribution in [2.24, 2.45) is 0 Å². The van der Waals surface area contributed by atoms with Crippen molar-refractivity contribution in [2.75, 3.05) is 17.2 Å². The summed E-state index contributed by atoms with van der Waals surface area (Å²) in [5, 5.41) is 6.56. The van der Waals surface area contributed by atoms with Crippen LogP contribution in [-0.2, 0) is 21.0 Å². The summed E-state index contributed by atoms with van der Waals surface area (Å²) >= 11 is 1.05. The van der Waals surface area contributed by atoms with E-state index in [1.165, 1.54) is 42.5 Å². The number of thiophene rings is 1. The normalized spacial score (nSPS) is 11.7. The standard InChI is InChI=1S/C21H18F3N3O4S2/c22-21(23,24)15-5-2-7-17(13-15)27-20(29)14-4-1-6-16(12-14)26-18(28)9-10-25-33(30,31)19-8-3-11-32-19/h1-8,11-13,25H,9-10H2,(H,26,28)(H,27,29). The Bertz CT molecular complexity index is 1240. The van der Waals surface area contributed by atoms with Crippen molar-refractivity contribution in [3.63, 3.8) is 0 Å². The van der Waals surface area contributed by atoms with Crippen LogP contribution < -0.4 is 15.4 Å². The van der Waals surface area contributed by atoms with Crippen LogP contribution in [0.2, 0.25) is 0 Å². The third kappa shape index (κ3) is 6.88. The fraction of sp³-hybridized carbons (Fsp3) is 0.143. The summed E-state index contributed by atoms with van der Waals surface area (Å²) in [5.74, 6) is -1.14. The lowest BCUT2D eigenvalue weighted by Gasteiger charge is -2.11. The maximum Gasteiger partial charge on any atom is 0.416 e. The third-order valence-electron chi connectivity index (χ3n) is 4.26. The highest BCUT2D eigenvalue weighted by Crippen LogP contribution is 2.30. The summed E-state index contributed by atoms with van der Waals surface area (Å²) in [6.07, 6.45) is -4.69. The van der Waals surface area contributed by atoms with Gasteiger partial charge in [0.05, 0.1) is 5.56 Å². The van der Waals surface area contributed by atoms with E-state index in [1.54, 1.807) is 11.4 Å². The molecule has 0 aliphatic carbocycles. The van der Waals surface area contributed by atoms with Gasteiger partial charge in [-0.2, -0.15) is 13.2 Å². The van der Waals surface area contributed by atoms with Crippen molar-refractivity contribution in [1.29, 1.82) is 0 Å². The summed E-state index contributed by atoms with van der Waals surface area (Å²) in [7, 11) is -3.68. The Hall–Kier alpha value is -3.22. The Morgan fingerprint density at radius 1 is 0.909 bits per heavy atom. The molecule has 3 aromatic rings. The van der Waals surface area contributed by atoms with Gasteiger partial charge in [0.15, 0.2) is 0 Å². The van der Waals surface area contributed by atoms with Crippen LogP contribution in [0.4, 0.5) is 24.5 Å². The fourth-order valence-corrected chi connectivity index (χ4v) is 4.79. The van der Waals surface area contributed by atoms with E-state index >= 15 is 0 Å². The number of anilines is 2. The predicted molar refractivity (Wildman–Crippen MR) is 119 cm³/mol. The maximum absolute atomic E-state index is 12.8. The molecular formula is C21H18F3N3O4S2. The van der Waals surface area contributed by atoms with Gasteiger partial charge in [0.25, 0.3) is 5.91 Å². The smallest absolute Gasteiger partial charge is 0.326 e. The van der Waals surface area contributed by atoms with E-state index < -0.39 is 33.6 Å². The monoisotopic (exact) mass is 497 g/mol. The van der Waals surface area contributed by atoms with E-state index in [-0.39, 0.29) is 34.1 Å². The number of hydrogen-bond donors (Lipinski definition) is 3. The molecule has 0 bridgehead atoms. The van der Waals surface area contributed by atoms with Crippen LogP contribution in [0.1, 0.15) is 22.3 Å². The first-order valence-corrected chi connectivity index (χ1v) is 11.8. The average molecular weight is 498 g/mol. The van der Waals surface area contributed by atoms with Crippen LogP contribution in [0, 0.1) is 0 Å². The van der Waals surface area contributed by atoms with Crippen LogP contribution in [-0.4, -0.2) is 26.8 Å². The quantitative estimate of drug-likeness (QED) is 0.431. The van der Waals surface area contributed by atoms with Crippen LogP contribution in [0.5, 0.6) is 0 Å². The molecule has 0 fully saturated rings. The van der Waals surface area contributed by atoms with Crippen LogP contribution in [0.25, 0.3) is 0 Å². The molecule has 0 saturated heterocycles. The van der Waals surface area contributed by atoms with Gasteiger partial charge in [0.1, 0.15) is 4.21 Å². The number of rotatable bonds is 8. The molecule has 2 amide bonds. The van der Waals surface area contributed by atoms with E-state index in [9.17, 15) is 31.2 Å². The number of hydrogen-bond acceptors (Lipinski definition) is 5. The third-order valence-corrected chi connectivity index (χ3v) is 7.12. The van der Waals surface area contributed by atoms with Gasteiger partial charge >= 0.3 is 6.18 Å². The lowest BCUT2D eigenvalue weighted by molar-refractivity contribution is -0.137. The summed E-state index contributed by atoms with van der Waals surface area (Å²) < 4.78 is 65.1. The second-order valence-electron chi connectivity index (χ2n) is 6.74. The highest BCUT2D eigenvalue weighted by atomic mass is 32.2. The van der Waals surface area contributed by atoms with Gasteiger partial charge in [0.2, 0.25) is 15.9 Å². The van der Waals surface area contributed by atoms with E-state index in [2.05, 4.69) is 15.4 Å². The Kier molecular flexibility index (Phi) is 7.51. The average Bonchev–Trinajstić information content (AvgIpc) is 3.29. The molecule has 0 unspecified atom stereocenters. The molecule has 0 aliphatic rings. The van der Waals surface area contributed by atoms with Gasteiger partial charge in [-0.05, 0) is 47.8 Å². The first-order chi connectivity index (χ1) is 15.5. The van der Waals surface area contributed by atoms with Gasteiger partial charge in [-0.3, -0.25) is 9.59 Å². The Morgan fingerprint density at radius 3 is 2.27 bits per heavy atom. The summed E-state index contributed by atoms with van der Waals surface area (Å²) in [6.45, 7) is -0.123. The van der Waals surface area contributed by atoms with Gasteiger partial charge in [-0.1, -0.05) is 18.2 Å². The first kappa shape index (κ1) is 24.4.